The van der Waals surface area contributed by atoms with Crippen LogP contribution in [0.2, 0.25) is 0 Å². The highest BCUT2D eigenvalue weighted by molar-refractivity contribution is 5.85. The van der Waals surface area contributed by atoms with Gasteiger partial charge in [0.15, 0.2) is 0 Å². The maximum atomic E-state index is 5.77. The molecular formula is C12H20ClN. The Hall–Kier alpha value is -0.530. The first-order valence-corrected chi connectivity index (χ1v) is 4.77. The molecule has 0 aliphatic heterocycles. The third-order valence-electron chi connectivity index (χ3n) is 2.30. The van der Waals surface area contributed by atoms with Crippen LogP contribution >= 0.6 is 12.4 Å². The topological polar surface area (TPSA) is 26.0 Å². The van der Waals surface area contributed by atoms with Crippen LogP contribution in [-0.2, 0) is 5.41 Å². The first kappa shape index (κ1) is 13.5. The lowest BCUT2D eigenvalue weighted by Crippen LogP contribution is -2.11. The zero-order valence-electron chi connectivity index (χ0n) is 9.37. The summed E-state index contributed by atoms with van der Waals surface area (Å²) in [5.41, 5.74) is 8.57. The molecule has 0 heterocycles. The molecule has 2 heteroatoms. The normalized spacial score (nSPS) is 13.2. The van der Waals surface area contributed by atoms with E-state index in [2.05, 4.69) is 45.0 Å². The predicted octanol–water partition coefficient (Wildman–Crippen LogP) is 3.43. The van der Waals surface area contributed by atoms with Gasteiger partial charge in [0.1, 0.15) is 0 Å². The minimum Gasteiger partial charge on any atom is -0.324 e. The van der Waals surface area contributed by atoms with Gasteiger partial charge in [0.05, 0.1) is 0 Å². The third kappa shape index (κ3) is 3.32. The van der Waals surface area contributed by atoms with Crippen molar-refractivity contribution in [3.05, 3.63) is 35.4 Å². The second-order valence-electron chi connectivity index (χ2n) is 4.66. The van der Waals surface area contributed by atoms with Crippen molar-refractivity contribution in [3.8, 4) is 0 Å². The summed E-state index contributed by atoms with van der Waals surface area (Å²) < 4.78 is 0. The van der Waals surface area contributed by atoms with Crippen molar-refractivity contribution in [1.82, 2.24) is 0 Å². The summed E-state index contributed by atoms with van der Waals surface area (Å²) in [5.74, 6) is 0. The summed E-state index contributed by atoms with van der Waals surface area (Å²) >= 11 is 0. The Morgan fingerprint density at radius 1 is 1.07 bits per heavy atom. The molecule has 1 aromatic carbocycles. The molecule has 1 atom stereocenters. The summed E-state index contributed by atoms with van der Waals surface area (Å²) in [4.78, 5) is 0. The number of rotatable bonds is 1. The van der Waals surface area contributed by atoms with Gasteiger partial charge in [-0.3, -0.25) is 0 Å². The van der Waals surface area contributed by atoms with Gasteiger partial charge in [-0.25, -0.2) is 0 Å². The average Bonchev–Trinajstić information content (AvgIpc) is 2.03. The van der Waals surface area contributed by atoms with E-state index >= 15 is 0 Å². The van der Waals surface area contributed by atoms with Gasteiger partial charge in [0.2, 0.25) is 0 Å². The molecule has 0 saturated heterocycles. The van der Waals surface area contributed by atoms with Gasteiger partial charge in [0.25, 0.3) is 0 Å². The number of nitrogens with two attached hydrogens (primary N) is 1. The Bertz CT molecular complexity index is 269. The van der Waals surface area contributed by atoms with Gasteiger partial charge in [-0.1, -0.05) is 45.0 Å². The van der Waals surface area contributed by atoms with Crippen LogP contribution in [0.5, 0.6) is 0 Å². The van der Waals surface area contributed by atoms with Crippen molar-refractivity contribution in [3.63, 3.8) is 0 Å². The van der Waals surface area contributed by atoms with Gasteiger partial charge in [0, 0.05) is 6.04 Å². The number of halogens is 1. The van der Waals surface area contributed by atoms with Crippen LogP contribution in [0.15, 0.2) is 24.3 Å². The molecule has 1 rings (SSSR count). The Labute approximate surface area is 93.1 Å². The molecule has 0 fully saturated rings. The molecule has 0 amide bonds. The minimum absolute atomic E-state index is 0. The van der Waals surface area contributed by atoms with E-state index in [0.717, 1.165) is 0 Å². The van der Waals surface area contributed by atoms with Gasteiger partial charge in [-0.05, 0) is 23.5 Å². The fourth-order valence-electron chi connectivity index (χ4n) is 1.29. The largest absolute Gasteiger partial charge is 0.324 e. The lowest BCUT2D eigenvalue weighted by atomic mass is 9.86. The van der Waals surface area contributed by atoms with Crippen LogP contribution in [0.3, 0.4) is 0 Å². The van der Waals surface area contributed by atoms with E-state index in [9.17, 15) is 0 Å². The van der Waals surface area contributed by atoms with Crippen molar-refractivity contribution in [2.24, 2.45) is 5.73 Å². The molecule has 1 nitrogen and oxygen atoms in total. The van der Waals surface area contributed by atoms with Crippen LogP contribution in [0.4, 0.5) is 0 Å². The molecule has 0 aliphatic rings. The maximum absolute atomic E-state index is 5.77. The first-order valence-electron chi connectivity index (χ1n) is 4.77. The highest BCUT2D eigenvalue weighted by atomic mass is 35.5. The van der Waals surface area contributed by atoms with Gasteiger partial charge in [-0.2, -0.15) is 0 Å². The number of benzene rings is 1. The summed E-state index contributed by atoms with van der Waals surface area (Å²) in [6.45, 7) is 8.65. The second-order valence-corrected chi connectivity index (χ2v) is 4.66. The molecule has 1 aromatic rings. The van der Waals surface area contributed by atoms with E-state index in [4.69, 9.17) is 5.73 Å². The Balaban J connectivity index is 0.00000169. The van der Waals surface area contributed by atoms with Crippen molar-refractivity contribution in [2.75, 3.05) is 0 Å². The van der Waals surface area contributed by atoms with Crippen LogP contribution in [0.1, 0.15) is 44.9 Å². The Morgan fingerprint density at radius 3 is 1.79 bits per heavy atom. The number of hydrogen-bond acceptors (Lipinski definition) is 1. The van der Waals surface area contributed by atoms with Gasteiger partial charge >= 0.3 is 0 Å². The quantitative estimate of drug-likeness (QED) is 0.760. The van der Waals surface area contributed by atoms with Crippen LogP contribution in [0, 0.1) is 0 Å². The molecular weight excluding hydrogens is 194 g/mol. The van der Waals surface area contributed by atoms with Crippen molar-refractivity contribution in [1.29, 1.82) is 0 Å². The molecule has 0 radical (unpaired) electrons. The van der Waals surface area contributed by atoms with E-state index in [0.29, 0.717) is 0 Å². The van der Waals surface area contributed by atoms with Crippen molar-refractivity contribution in [2.45, 2.75) is 39.2 Å². The molecule has 0 unspecified atom stereocenters. The Kier molecular flexibility index (Phi) is 4.63. The molecule has 14 heavy (non-hydrogen) atoms. The van der Waals surface area contributed by atoms with E-state index in [1.807, 2.05) is 6.92 Å². The third-order valence-corrected chi connectivity index (χ3v) is 2.30. The monoisotopic (exact) mass is 213 g/mol. The molecule has 0 bridgehead atoms. The highest BCUT2D eigenvalue weighted by Gasteiger charge is 2.12. The fourth-order valence-corrected chi connectivity index (χ4v) is 1.29. The zero-order chi connectivity index (χ0) is 10.1. The predicted molar refractivity (Wildman–Crippen MR) is 65.0 cm³/mol. The molecule has 0 spiro atoms. The SMILES string of the molecule is C[C@H](N)c1ccc(C(C)(C)C)cc1.Cl. The molecule has 2 N–H and O–H groups in total. The summed E-state index contributed by atoms with van der Waals surface area (Å²) in [7, 11) is 0. The molecule has 80 valence electrons. The summed E-state index contributed by atoms with van der Waals surface area (Å²) in [6, 6.07) is 8.70. The van der Waals surface area contributed by atoms with Crippen molar-refractivity contribution >= 4 is 12.4 Å². The van der Waals surface area contributed by atoms with Crippen LogP contribution in [-0.4, -0.2) is 0 Å². The average molecular weight is 214 g/mol. The zero-order valence-corrected chi connectivity index (χ0v) is 10.2. The van der Waals surface area contributed by atoms with E-state index < -0.39 is 0 Å². The van der Waals surface area contributed by atoms with E-state index in [-0.39, 0.29) is 23.9 Å². The summed E-state index contributed by atoms with van der Waals surface area (Å²) in [5, 5.41) is 0. The Morgan fingerprint density at radius 2 is 1.50 bits per heavy atom. The molecule has 0 aromatic heterocycles. The lowest BCUT2D eigenvalue weighted by molar-refractivity contribution is 0.589. The van der Waals surface area contributed by atoms with Crippen molar-refractivity contribution < 1.29 is 0 Å². The summed E-state index contributed by atoms with van der Waals surface area (Å²) in [6.07, 6.45) is 0. The molecule has 0 saturated carbocycles. The first-order chi connectivity index (χ1) is 5.91. The van der Waals surface area contributed by atoms with Gasteiger partial charge < -0.3 is 5.73 Å². The van der Waals surface area contributed by atoms with Crippen LogP contribution in [0.25, 0.3) is 0 Å². The lowest BCUT2D eigenvalue weighted by Gasteiger charge is -2.19. The minimum atomic E-state index is 0. The fraction of sp³-hybridized carbons (Fsp3) is 0.500. The second kappa shape index (κ2) is 4.81. The highest BCUT2D eigenvalue weighted by Crippen LogP contribution is 2.23. The van der Waals surface area contributed by atoms with E-state index in [1.165, 1.54) is 11.1 Å². The number of hydrogen-bond donors (Lipinski definition) is 1. The molecule has 0 aliphatic carbocycles. The standard InChI is InChI=1S/C12H19N.ClH/c1-9(13)10-5-7-11(8-6-10)12(2,3)4;/h5-9H,13H2,1-4H3;1H/t9-;/m0./s1. The smallest absolute Gasteiger partial charge is 0.0266 e. The van der Waals surface area contributed by atoms with Crippen LogP contribution < -0.4 is 5.73 Å². The maximum Gasteiger partial charge on any atom is 0.0266 e. The van der Waals surface area contributed by atoms with Gasteiger partial charge in [-0.15, -0.1) is 12.4 Å². The van der Waals surface area contributed by atoms with E-state index in [1.54, 1.807) is 0 Å².